The smallest absolute Gasteiger partial charge is 0.246 e. The Morgan fingerprint density at radius 3 is 2.67 bits per heavy atom. The van der Waals surface area contributed by atoms with E-state index in [1.165, 1.54) is 28.1 Å². The van der Waals surface area contributed by atoms with Crippen LogP contribution in [0.5, 0.6) is 5.88 Å². The maximum Gasteiger partial charge on any atom is 0.246 e. The van der Waals surface area contributed by atoms with Gasteiger partial charge in [0.05, 0.1) is 36.5 Å². The van der Waals surface area contributed by atoms with E-state index in [2.05, 4.69) is 90.7 Å². The van der Waals surface area contributed by atoms with E-state index in [1.54, 1.807) is 4.90 Å². The van der Waals surface area contributed by atoms with E-state index in [0.29, 0.717) is 44.0 Å². The SMILES string of the molecule is C=CC(=O)N1CCN(c2c(C#N)c(O[C@H](C)C3CCCN3C)nc3c2CCN(c2cccc4cccc(C)c24)C3)CC1CC#N. The molecule has 2 fully saturated rings. The number of pyridine rings is 1. The van der Waals surface area contributed by atoms with E-state index in [-0.39, 0.29) is 30.5 Å². The number of nitrogens with zero attached hydrogens (tertiary/aromatic N) is 7. The summed E-state index contributed by atoms with van der Waals surface area (Å²) in [6.07, 6.45) is 4.25. The van der Waals surface area contributed by atoms with Gasteiger partial charge in [0.15, 0.2) is 0 Å². The van der Waals surface area contributed by atoms with Crippen molar-refractivity contribution >= 4 is 28.1 Å². The van der Waals surface area contributed by atoms with Crippen LogP contribution in [-0.4, -0.2) is 78.7 Å². The average molecular weight is 604 g/mol. The number of aromatic nitrogens is 1. The molecule has 9 nitrogen and oxygen atoms in total. The highest BCUT2D eigenvalue weighted by molar-refractivity contribution is 5.97. The highest BCUT2D eigenvalue weighted by atomic mass is 16.5. The molecule has 3 atom stereocenters. The van der Waals surface area contributed by atoms with Crippen molar-refractivity contribution in [1.29, 1.82) is 10.5 Å². The number of hydrogen-bond acceptors (Lipinski definition) is 8. The van der Waals surface area contributed by atoms with Crippen LogP contribution in [0.15, 0.2) is 49.1 Å². The zero-order valence-corrected chi connectivity index (χ0v) is 26.5. The fraction of sp³-hybridized carbons (Fsp3) is 0.444. The van der Waals surface area contributed by atoms with Gasteiger partial charge in [0.25, 0.3) is 0 Å². The number of nitriles is 2. The number of amides is 1. The van der Waals surface area contributed by atoms with Gasteiger partial charge in [-0.3, -0.25) is 9.69 Å². The van der Waals surface area contributed by atoms with Crippen molar-refractivity contribution in [3.63, 3.8) is 0 Å². The van der Waals surface area contributed by atoms with Crippen LogP contribution >= 0.6 is 0 Å². The summed E-state index contributed by atoms with van der Waals surface area (Å²) < 4.78 is 6.62. The number of piperazine rings is 1. The highest BCUT2D eigenvalue weighted by Crippen LogP contribution is 2.40. The molecule has 4 heterocycles. The zero-order chi connectivity index (χ0) is 31.7. The lowest BCUT2D eigenvalue weighted by Gasteiger charge is -2.43. The molecule has 3 aromatic rings. The molecule has 2 saturated heterocycles. The van der Waals surface area contributed by atoms with Crippen LogP contribution < -0.4 is 14.5 Å². The number of carbonyl (C=O) groups excluding carboxylic acids is 1. The van der Waals surface area contributed by atoms with Crippen LogP contribution in [-0.2, 0) is 17.8 Å². The monoisotopic (exact) mass is 603 g/mol. The Morgan fingerprint density at radius 1 is 1.16 bits per heavy atom. The lowest BCUT2D eigenvalue weighted by atomic mass is 9.95. The third-order valence-corrected chi connectivity index (χ3v) is 9.84. The molecule has 0 radical (unpaired) electrons. The number of carbonyl (C=O) groups is 1. The molecule has 1 amide bonds. The minimum Gasteiger partial charge on any atom is -0.472 e. The standard InChI is InChI=1S/C36H41N7O2/c1-5-33(44)43-20-19-42(22-27(43)14-16-37)35-28-15-18-41(32-12-7-11-26-10-6-9-24(2)34(26)32)23-30(28)39-36(29(35)21-38)45-25(3)31-13-8-17-40(31)4/h5-7,9-12,25,27,31H,1,8,13-15,17-20,22-23H2,2-4H3/t25-,27?,31?/m1/s1. The fourth-order valence-electron chi connectivity index (χ4n) is 7.57. The van der Waals surface area contributed by atoms with Gasteiger partial charge in [-0.05, 0) is 69.8 Å². The number of likely N-dealkylation sites (N-methyl/N-ethyl adjacent to an activating group) is 1. The molecule has 1 aromatic heterocycles. The molecule has 2 unspecified atom stereocenters. The van der Waals surface area contributed by atoms with Crippen molar-refractivity contribution in [3.05, 3.63) is 71.4 Å². The largest absolute Gasteiger partial charge is 0.472 e. The highest BCUT2D eigenvalue weighted by Gasteiger charge is 2.36. The Labute approximate surface area is 265 Å². The summed E-state index contributed by atoms with van der Waals surface area (Å²) in [5, 5.41) is 22.7. The maximum atomic E-state index is 12.7. The zero-order valence-electron chi connectivity index (χ0n) is 26.5. The first kappa shape index (κ1) is 30.4. The summed E-state index contributed by atoms with van der Waals surface area (Å²) in [5.74, 6) is 0.197. The average Bonchev–Trinajstić information content (AvgIpc) is 3.49. The predicted molar refractivity (Wildman–Crippen MR) is 176 cm³/mol. The molecule has 0 aliphatic carbocycles. The first-order valence-corrected chi connectivity index (χ1v) is 16.0. The number of aryl methyl sites for hydroxylation is 1. The molecule has 6 rings (SSSR count). The number of rotatable bonds is 7. The molecule has 3 aliphatic rings. The van der Waals surface area contributed by atoms with Gasteiger partial charge in [0.1, 0.15) is 17.7 Å². The van der Waals surface area contributed by atoms with Gasteiger partial charge < -0.3 is 19.4 Å². The summed E-state index contributed by atoms with van der Waals surface area (Å²) in [6.45, 7) is 11.7. The van der Waals surface area contributed by atoms with E-state index >= 15 is 0 Å². The van der Waals surface area contributed by atoms with Crippen LogP contribution in [0.1, 0.15) is 48.6 Å². The Kier molecular flexibility index (Phi) is 8.65. The summed E-state index contributed by atoms with van der Waals surface area (Å²) in [4.78, 5) is 26.4. The number of hydrogen-bond donors (Lipinski definition) is 0. The lowest BCUT2D eigenvalue weighted by molar-refractivity contribution is -0.128. The van der Waals surface area contributed by atoms with Crippen molar-refractivity contribution in [3.8, 4) is 18.0 Å². The minimum absolute atomic E-state index is 0.142. The molecule has 9 heteroatoms. The molecule has 0 spiro atoms. The molecule has 0 bridgehead atoms. The van der Waals surface area contributed by atoms with Gasteiger partial charge in [0.2, 0.25) is 11.8 Å². The molecule has 3 aliphatic heterocycles. The molecule has 0 saturated carbocycles. The van der Waals surface area contributed by atoms with Gasteiger partial charge >= 0.3 is 0 Å². The van der Waals surface area contributed by atoms with Crippen molar-refractivity contribution < 1.29 is 9.53 Å². The van der Waals surface area contributed by atoms with Crippen molar-refractivity contribution in [2.75, 3.05) is 49.6 Å². The lowest BCUT2D eigenvalue weighted by Crippen LogP contribution is -2.55. The molecule has 232 valence electrons. The van der Waals surface area contributed by atoms with Gasteiger partial charge in [-0.15, -0.1) is 0 Å². The van der Waals surface area contributed by atoms with Gasteiger partial charge in [-0.1, -0.05) is 36.9 Å². The van der Waals surface area contributed by atoms with Crippen LogP contribution in [0, 0.1) is 29.6 Å². The second-order valence-electron chi connectivity index (χ2n) is 12.5. The number of likely N-dealkylation sites (tertiary alicyclic amines) is 1. The quantitative estimate of drug-likeness (QED) is 0.350. The molecular weight excluding hydrogens is 562 g/mol. The Bertz CT molecular complexity index is 1700. The van der Waals surface area contributed by atoms with Crippen LogP contribution in [0.2, 0.25) is 0 Å². The first-order valence-electron chi connectivity index (χ1n) is 16.0. The van der Waals surface area contributed by atoms with Gasteiger partial charge in [0, 0.05) is 48.9 Å². The Balaban J connectivity index is 1.43. The predicted octanol–water partition coefficient (Wildman–Crippen LogP) is 4.96. The van der Waals surface area contributed by atoms with Crippen molar-refractivity contribution in [1.82, 2.24) is 14.8 Å². The molecular formula is C36H41N7O2. The van der Waals surface area contributed by atoms with E-state index < -0.39 is 0 Å². The van der Waals surface area contributed by atoms with Crippen LogP contribution in [0.4, 0.5) is 11.4 Å². The van der Waals surface area contributed by atoms with Gasteiger partial charge in [-0.2, -0.15) is 10.5 Å². The van der Waals surface area contributed by atoms with E-state index in [0.717, 1.165) is 42.9 Å². The number of anilines is 2. The Hall–Kier alpha value is -4.60. The minimum atomic E-state index is -0.307. The number of benzene rings is 2. The van der Waals surface area contributed by atoms with Crippen molar-refractivity contribution in [2.24, 2.45) is 0 Å². The summed E-state index contributed by atoms with van der Waals surface area (Å²) in [5.41, 5.74) is 5.65. The Morgan fingerprint density at radius 2 is 1.96 bits per heavy atom. The summed E-state index contributed by atoms with van der Waals surface area (Å²) >= 11 is 0. The second-order valence-corrected chi connectivity index (χ2v) is 12.5. The van der Waals surface area contributed by atoms with Crippen molar-refractivity contribution in [2.45, 2.75) is 64.3 Å². The topological polar surface area (TPSA) is 99.7 Å². The van der Waals surface area contributed by atoms with Gasteiger partial charge in [-0.25, -0.2) is 4.98 Å². The summed E-state index contributed by atoms with van der Waals surface area (Å²) in [6, 6.07) is 17.5. The maximum absolute atomic E-state index is 12.7. The second kappa shape index (κ2) is 12.8. The van der Waals surface area contributed by atoms with Crippen LogP contribution in [0.25, 0.3) is 10.8 Å². The molecule has 45 heavy (non-hydrogen) atoms. The third-order valence-electron chi connectivity index (χ3n) is 9.84. The summed E-state index contributed by atoms with van der Waals surface area (Å²) in [7, 11) is 2.12. The molecule has 0 N–H and O–H groups in total. The van der Waals surface area contributed by atoms with E-state index in [4.69, 9.17) is 9.72 Å². The normalized spacial score (nSPS) is 20.8. The number of ether oxygens (including phenoxy) is 1. The first-order chi connectivity index (χ1) is 21.8. The fourth-order valence-corrected chi connectivity index (χ4v) is 7.57. The van der Waals surface area contributed by atoms with E-state index in [1.807, 2.05) is 0 Å². The third kappa shape index (κ3) is 5.69. The van der Waals surface area contributed by atoms with E-state index in [9.17, 15) is 15.3 Å². The molecule has 2 aromatic carbocycles. The van der Waals surface area contributed by atoms with Crippen LogP contribution in [0.3, 0.4) is 0 Å². The number of fused-ring (bicyclic) bond motifs is 2.